The average molecular weight is 264 g/mol. The molecule has 5 nitrogen and oxygen atoms in total. The molecule has 0 saturated heterocycles. The van der Waals surface area contributed by atoms with E-state index in [1.807, 2.05) is 30.3 Å². The molecule has 5 heteroatoms. The first kappa shape index (κ1) is 15.2. The number of nitrogens with one attached hydrogen (secondary N) is 1. The summed E-state index contributed by atoms with van der Waals surface area (Å²) in [5, 5.41) is 12.0. The van der Waals surface area contributed by atoms with Gasteiger partial charge in [-0.15, -0.1) is 0 Å². The smallest absolute Gasteiger partial charge is 0.239 e. The van der Waals surface area contributed by atoms with Gasteiger partial charge < -0.3 is 15.3 Å². The normalized spacial score (nSPS) is 11.7. The molecule has 0 spiro atoms. The van der Waals surface area contributed by atoms with Crippen molar-refractivity contribution in [2.45, 2.75) is 19.4 Å². The molecule has 1 unspecified atom stereocenters. The zero-order valence-corrected chi connectivity index (χ0v) is 11.3. The topological polar surface area (TPSA) is 69.6 Å². The summed E-state index contributed by atoms with van der Waals surface area (Å²) >= 11 is 0. The Labute approximate surface area is 113 Å². The van der Waals surface area contributed by atoms with Gasteiger partial charge in [-0.05, 0) is 12.0 Å². The molecule has 1 atom stereocenters. The molecule has 1 rings (SSSR count). The predicted molar refractivity (Wildman–Crippen MR) is 72.5 cm³/mol. The second kappa shape index (κ2) is 7.53. The molecule has 0 saturated carbocycles. The number of nitrogens with zero attached hydrogens (tertiary/aromatic N) is 1. The molecular formula is C14H20N2O3. The van der Waals surface area contributed by atoms with E-state index in [-0.39, 0.29) is 31.0 Å². The van der Waals surface area contributed by atoms with Crippen molar-refractivity contribution in [2.75, 3.05) is 20.2 Å². The zero-order chi connectivity index (χ0) is 14.3. The van der Waals surface area contributed by atoms with Gasteiger partial charge in [-0.3, -0.25) is 9.59 Å². The van der Waals surface area contributed by atoms with Crippen LogP contribution < -0.4 is 5.32 Å². The predicted octanol–water partition coefficient (Wildman–Crippen LogP) is 0.185. The summed E-state index contributed by atoms with van der Waals surface area (Å²) < 4.78 is 0. The average Bonchev–Trinajstić information content (AvgIpc) is 2.38. The molecule has 0 aliphatic heterocycles. The van der Waals surface area contributed by atoms with Gasteiger partial charge in [-0.25, -0.2) is 0 Å². The highest BCUT2D eigenvalue weighted by Gasteiger charge is 2.14. The Hall–Kier alpha value is -1.88. The lowest BCUT2D eigenvalue weighted by Crippen LogP contribution is -2.44. The molecule has 0 aliphatic carbocycles. The standard InChI is InChI=1S/C14H20N2O3/c1-11(18)16(2)9-14(19)15-13(10-17)8-12-6-4-3-5-7-12/h3-7,13,17H,8-10H2,1-2H3,(H,15,19). The molecule has 1 aromatic carbocycles. The van der Waals surface area contributed by atoms with E-state index in [2.05, 4.69) is 5.32 Å². The van der Waals surface area contributed by atoms with E-state index in [4.69, 9.17) is 0 Å². The number of carbonyl (C=O) groups is 2. The van der Waals surface area contributed by atoms with E-state index in [1.54, 1.807) is 7.05 Å². The van der Waals surface area contributed by atoms with Gasteiger partial charge in [0.25, 0.3) is 0 Å². The van der Waals surface area contributed by atoms with Crippen molar-refractivity contribution >= 4 is 11.8 Å². The van der Waals surface area contributed by atoms with Gasteiger partial charge in [-0.2, -0.15) is 0 Å². The van der Waals surface area contributed by atoms with Crippen LogP contribution in [0.3, 0.4) is 0 Å². The van der Waals surface area contributed by atoms with E-state index >= 15 is 0 Å². The van der Waals surface area contributed by atoms with E-state index in [0.717, 1.165) is 5.56 Å². The number of aliphatic hydroxyl groups is 1. The van der Waals surface area contributed by atoms with Crippen LogP contribution in [0.15, 0.2) is 30.3 Å². The van der Waals surface area contributed by atoms with Crippen molar-refractivity contribution < 1.29 is 14.7 Å². The van der Waals surface area contributed by atoms with Crippen LogP contribution in [0.1, 0.15) is 12.5 Å². The largest absolute Gasteiger partial charge is 0.394 e. The SMILES string of the molecule is CC(=O)N(C)CC(=O)NC(CO)Cc1ccccc1. The Balaban J connectivity index is 2.48. The van der Waals surface area contributed by atoms with Gasteiger partial charge in [0.05, 0.1) is 19.2 Å². The molecule has 0 fully saturated rings. The van der Waals surface area contributed by atoms with E-state index in [1.165, 1.54) is 11.8 Å². The van der Waals surface area contributed by atoms with Crippen LogP contribution in [0.2, 0.25) is 0 Å². The third kappa shape index (κ3) is 5.52. The number of rotatable bonds is 6. The van der Waals surface area contributed by atoms with Crippen LogP contribution in [0.4, 0.5) is 0 Å². The van der Waals surface area contributed by atoms with E-state index < -0.39 is 0 Å². The van der Waals surface area contributed by atoms with Crippen molar-refractivity contribution in [2.24, 2.45) is 0 Å². The Morgan fingerprint density at radius 3 is 2.47 bits per heavy atom. The lowest BCUT2D eigenvalue weighted by Gasteiger charge is -2.19. The number of aliphatic hydroxyl groups excluding tert-OH is 1. The minimum absolute atomic E-state index is 0.000618. The highest BCUT2D eigenvalue weighted by atomic mass is 16.3. The van der Waals surface area contributed by atoms with Crippen molar-refractivity contribution in [3.05, 3.63) is 35.9 Å². The summed E-state index contributed by atoms with van der Waals surface area (Å²) in [4.78, 5) is 24.0. The van der Waals surface area contributed by atoms with Gasteiger partial charge in [0.1, 0.15) is 0 Å². The quantitative estimate of drug-likeness (QED) is 0.770. The van der Waals surface area contributed by atoms with Crippen LogP contribution in [-0.2, 0) is 16.0 Å². The maximum absolute atomic E-state index is 11.7. The minimum atomic E-state index is -0.338. The highest BCUT2D eigenvalue weighted by Crippen LogP contribution is 2.02. The van der Waals surface area contributed by atoms with Crippen LogP contribution in [0.25, 0.3) is 0 Å². The Morgan fingerprint density at radius 2 is 1.95 bits per heavy atom. The number of hydrogen-bond acceptors (Lipinski definition) is 3. The Kier molecular flexibility index (Phi) is 6.02. The molecule has 104 valence electrons. The zero-order valence-electron chi connectivity index (χ0n) is 11.3. The molecule has 0 heterocycles. The first-order valence-electron chi connectivity index (χ1n) is 6.18. The molecule has 0 radical (unpaired) electrons. The lowest BCUT2D eigenvalue weighted by atomic mass is 10.1. The molecule has 0 bridgehead atoms. The molecular weight excluding hydrogens is 244 g/mol. The molecule has 2 amide bonds. The van der Waals surface area contributed by atoms with Crippen LogP contribution in [0.5, 0.6) is 0 Å². The van der Waals surface area contributed by atoms with E-state index in [9.17, 15) is 14.7 Å². The summed E-state index contributed by atoms with van der Waals surface area (Å²) in [7, 11) is 1.56. The third-order valence-electron chi connectivity index (χ3n) is 2.83. The van der Waals surface area contributed by atoms with Crippen molar-refractivity contribution in [1.82, 2.24) is 10.2 Å². The summed E-state index contributed by atoms with van der Waals surface area (Å²) in [6.07, 6.45) is 0.562. The van der Waals surface area contributed by atoms with Crippen molar-refractivity contribution in [3.63, 3.8) is 0 Å². The number of benzene rings is 1. The second-order valence-electron chi connectivity index (χ2n) is 4.51. The molecule has 19 heavy (non-hydrogen) atoms. The first-order chi connectivity index (χ1) is 9.02. The third-order valence-corrected chi connectivity index (χ3v) is 2.83. The maximum Gasteiger partial charge on any atom is 0.239 e. The van der Waals surface area contributed by atoms with Crippen molar-refractivity contribution in [3.8, 4) is 0 Å². The molecule has 0 aliphatic rings. The number of hydrogen-bond donors (Lipinski definition) is 2. The summed E-state index contributed by atoms with van der Waals surface area (Å²) in [6, 6.07) is 9.28. The summed E-state index contributed by atoms with van der Waals surface area (Å²) in [5.74, 6) is -0.438. The fraction of sp³-hybridized carbons (Fsp3) is 0.429. The fourth-order valence-corrected chi connectivity index (χ4v) is 1.66. The summed E-state index contributed by atoms with van der Waals surface area (Å²) in [6.45, 7) is 1.27. The number of carbonyl (C=O) groups excluding carboxylic acids is 2. The number of amides is 2. The highest BCUT2D eigenvalue weighted by molar-refractivity contribution is 5.83. The lowest BCUT2D eigenvalue weighted by molar-refractivity contribution is -0.133. The van der Waals surface area contributed by atoms with Crippen molar-refractivity contribution in [1.29, 1.82) is 0 Å². The first-order valence-corrected chi connectivity index (χ1v) is 6.18. The van der Waals surface area contributed by atoms with Gasteiger partial charge in [0.2, 0.25) is 11.8 Å². The van der Waals surface area contributed by atoms with Gasteiger partial charge in [-0.1, -0.05) is 30.3 Å². The number of likely N-dealkylation sites (N-methyl/N-ethyl adjacent to an activating group) is 1. The van der Waals surface area contributed by atoms with Crippen LogP contribution in [-0.4, -0.2) is 48.1 Å². The van der Waals surface area contributed by atoms with Gasteiger partial charge in [0.15, 0.2) is 0 Å². The van der Waals surface area contributed by atoms with Gasteiger partial charge >= 0.3 is 0 Å². The molecule has 1 aromatic rings. The second-order valence-corrected chi connectivity index (χ2v) is 4.51. The summed E-state index contributed by atoms with van der Waals surface area (Å²) in [5.41, 5.74) is 1.04. The van der Waals surface area contributed by atoms with E-state index in [0.29, 0.717) is 6.42 Å². The van der Waals surface area contributed by atoms with Crippen LogP contribution in [0, 0.1) is 0 Å². The van der Waals surface area contributed by atoms with Crippen LogP contribution >= 0.6 is 0 Å². The Morgan fingerprint density at radius 1 is 1.32 bits per heavy atom. The van der Waals surface area contributed by atoms with Gasteiger partial charge in [0, 0.05) is 14.0 Å². The minimum Gasteiger partial charge on any atom is -0.394 e. The Bertz CT molecular complexity index is 420. The fourth-order valence-electron chi connectivity index (χ4n) is 1.66. The monoisotopic (exact) mass is 264 g/mol. The maximum atomic E-state index is 11.7. The molecule has 0 aromatic heterocycles. The molecule has 2 N–H and O–H groups in total.